The van der Waals surface area contributed by atoms with E-state index in [1.807, 2.05) is 0 Å². The van der Waals surface area contributed by atoms with Crippen molar-refractivity contribution in [1.29, 1.82) is 0 Å². The number of aromatic nitrogens is 2. The summed E-state index contributed by atoms with van der Waals surface area (Å²) in [6.45, 7) is -0.496. The van der Waals surface area contributed by atoms with Crippen molar-refractivity contribution < 1.29 is 27.6 Å². The minimum atomic E-state index is -4.59. The van der Waals surface area contributed by atoms with Gasteiger partial charge in [0.25, 0.3) is 0 Å². The van der Waals surface area contributed by atoms with Crippen molar-refractivity contribution in [3.8, 4) is 0 Å². The van der Waals surface area contributed by atoms with E-state index in [9.17, 15) is 32.3 Å². The summed E-state index contributed by atoms with van der Waals surface area (Å²) in [5.41, 5.74) is 0.0460. The third kappa shape index (κ3) is 5.07. The minimum Gasteiger partial charge on any atom is -0.325 e. The van der Waals surface area contributed by atoms with Gasteiger partial charge in [0.1, 0.15) is 11.8 Å². The van der Waals surface area contributed by atoms with Crippen molar-refractivity contribution in [1.82, 2.24) is 9.55 Å². The molecule has 3 atom stereocenters. The number of alkyl halides is 3. The third-order valence-corrected chi connectivity index (χ3v) is 10.1. The minimum absolute atomic E-state index is 0.0744. The van der Waals surface area contributed by atoms with Crippen molar-refractivity contribution >= 4 is 68.1 Å². The molecule has 2 aromatic heterocycles. The van der Waals surface area contributed by atoms with Gasteiger partial charge in [-0.25, -0.2) is 4.90 Å². The molecule has 2 aromatic carbocycles. The summed E-state index contributed by atoms with van der Waals surface area (Å²) < 4.78 is 41.4. The van der Waals surface area contributed by atoms with Gasteiger partial charge in [0.15, 0.2) is 0 Å². The molecular weight excluding hydrogens is 657 g/mol. The lowest BCUT2D eigenvalue weighted by Gasteiger charge is -2.30. The molecule has 6 rings (SSSR count). The second kappa shape index (κ2) is 10.8. The Bertz CT molecular complexity index is 1780. The quantitative estimate of drug-likeness (QED) is 0.280. The number of imide groups is 1. The molecule has 0 saturated carbocycles. The molecule has 2 aliphatic heterocycles. The fraction of sp³-hybridized carbons (Fsp3) is 0.179. The van der Waals surface area contributed by atoms with Gasteiger partial charge in [-0.1, -0.05) is 51.2 Å². The van der Waals surface area contributed by atoms with Gasteiger partial charge in [-0.3, -0.25) is 28.7 Å². The van der Waals surface area contributed by atoms with E-state index in [4.69, 9.17) is 0 Å². The molecule has 8 nitrogen and oxygen atoms in total. The van der Waals surface area contributed by atoms with E-state index in [2.05, 4.69) is 26.2 Å². The van der Waals surface area contributed by atoms with Gasteiger partial charge in [0.2, 0.25) is 17.7 Å². The van der Waals surface area contributed by atoms with E-state index in [0.717, 1.165) is 44.6 Å². The number of pyridine rings is 1. The average molecular weight is 676 g/mol. The molecule has 1 fully saturated rings. The molecule has 0 bridgehead atoms. The standard InChI is InChI=1S/C28H18BrF3N4O4S2/c29-16-6-8-18(9-7-16)36-24(38)21-20(14-3-2-10-33-12-14)23-26(41-22(21)25(36)39)35(27(40)42-23)13-19(37)34-17-5-1-4-15(11-17)28(30,31)32/h1-12,20-22H,13H2,(H,34,37)/t20-,21?,22?/m0/s1. The van der Waals surface area contributed by atoms with E-state index in [0.29, 0.717) is 21.2 Å². The zero-order chi connectivity index (χ0) is 29.8. The van der Waals surface area contributed by atoms with E-state index in [1.165, 1.54) is 16.7 Å². The fourth-order valence-corrected chi connectivity index (χ4v) is 8.17. The normalized spacial score (nSPS) is 19.9. The predicted octanol–water partition coefficient (Wildman–Crippen LogP) is 5.52. The van der Waals surface area contributed by atoms with Crippen molar-refractivity contribution in [2.24, 2.45) is 5.92 Å². The number of carbonyl (C=O) groups excluding carboxylic acids is 3. The highest BCUT2D eigenvalue weighted by atomic mass is 79.9. The van der Waals surface area contributed by atoms with Crippen LogP contribution in [0.15, 0.2) is 87.4 Å². The Morgan fingerprint density at radius 1 is 1.02 bits per heavy atom. The molecule has 4 heterocycles. The maximum Gasteiger partial charge on any atom is 0.416 e. The largest absolute Gasteiger partial charge is 0.416 e. The molecule has 0 aliphatic carbocycles. The zero-order valence-corrected chi connectivity index (χ0v) is 24.4. The topological polar surface area (TPSA) is 101 Å². The first-order valence-electron chi connectivity index (χ1n) is 12.4. The summed E-state index contributed by atoms with van der Waals surface area (Å²) >= 11 is 5.26. The van der Waals surface area contributed by atoms with E-state index >= 15 is 0 Å². The number of nitrogens with zero attached hydrogens (tertiary/aromatic N) is 3. The van der Waals surface area contributed by atoms with Gasteiger partial charge in [-0.15, -0.1) is 0 Å². The Kier molecular flexibility index (Phi) is 7.31. The molecule has 1 saturated heterocycles. The van der Waals surface area contributed by atoms with Crippen LogP contribution in [0.1, 0.15) is 21.9 Å². The van der Waals surface area contributed by atoms with Crippen LogP contribution in [0, 0.1) is 5.92 Å². The number of halogens is 4. The third-order valence-electron chi connectivity index (χ3n) is 6.95. The molecule has 4 aromatic rings. The van der Waals surface area contributed by atoms with Gasteiger partial charge >= 0.3 is 11.0 Å². The Morgan fingerprint density at radius 2 is 1.79 bits per heavy atom. The Balaban J connectivity index is 1.36. The number of anilines is 2. The fourth-order valence-electron chi connectivity index (χ4n) is 5.14. The highest BCUT2D eigenvalue weighted by Crippen LogP contribution is 2.53. The van der Waals surface area contributed by atoms with Gasteiger partial charge in [0, 0.05) is 33.3 Å². The van der Waals surface area contributed by atoms with Crippen LogP contribution < -0.4 is 15.1 Å². The van der Waals surface area contributed by atoms with Crippen molar-refractivity contribution in [3.63, 3.8) is 0 Å². The van der Waals surface area contributed by atoms with Gasteiger partial charge < -0.3 is 5.32 Å². The predicted molar refractivity (Wildman–Crippen MR) is 155 cm³/mol. The van der Waals surface area contributed by atoms with E-state index in [-0.39, 0.29) is 5.69 Å². The van der Waals surface area contributed by atoms with Crippen molar-refractivity contribution in [2.75, 3.05) is 10.2 Å². The summed E-state index contributed by atoms with van der Waals surface area (Å²) in [5.74, 6) is -3.08. The van der Waals surface area contributed by atoms with E-state index in [1.54, 1.807) is 48.8 Å². The lowest BCUT2D eigenvalue weighted by molar-refractivity contribution is -0.137. The highest BCUT2D eigenvalue weighted by molar-refractivity contribution is 9.10. The average Bonchev–Trinajstić information content (AvgIpc) is 3.40. The number of benzene rings is 2. The lowest BCUT2D eigenvalue weighted by Crippen LogP contribution is -2.33. The maximum atomic E-state index is 13.8. The van der Waals surface area contributed by atoms with Crippen molar-refractivity contribution in [3.05, 3.63) is 103 Å². The van der Waals surface area contributed by atoms with Gasteiger partial charge in [0.05, 0.1) is 22.2 Å². The number of rotatable bonds is 5. The maximum absolute atomic E-state index is 13.8. The van der Waals surface area contributed by atoms with Crippen molar-refractivity contribution in [2.45, 2.75) is 28.9 Å². The number of thioether (sulfide) groups is 1. The number of hydrogen-bond donors (Lipinski definition) is 1. The number of hydrogen-bond acceptors (Lipinski definition) is 7. The van der Waals surface area contributed by atoms with Crippen LogP contribution in [0.25, 0.3) is 0 Å². The van der Waals surface area contributed by atoms with Crippen LogP contribution in [0.5, 0.6) is 0 Å². The number of fused-ring (bicyclic) bond motifs is 2. The first kappa shape index (κ1) is 28.4. The van der Waals surface area contributed by atoms with Gasteiger partial charge in [-0.2, -0.15) is 13.2 Å². The Labute approximate surface area is 252 Å². The van der Waals surface area contributed by atoms with Crippen LogP contribution in [-0.2, 0) is 27.1 Å². The first-order chi connectivity index (χ1) is 20.0. The molecule has 0 spiro atoms. The van der Waals surface area contributed by atoms with Crippen LogP contribution in [0.4, 0.5) is 24.5 Å². The number of thiazole rings is 1. The van der Waals surface area contributed by atoms with Crippen LogP contribution in [0.2, 0.25) is 0 Å². The Morgan fingerprint density at radius 3 is 2.48 bits per heavy atom. The number of amides is 3. The second-order valence-electron chi connectivity index (χ2n) is 9.57. The number of nitrogens with one attached hydrogen (secondary N) is 1. The lowest BCUT2D eigenvalue weighted by atomic mass is 9.84. The molecule has 42 heavy (non-hydrogen) atoms. The van der Waals surface area contributed by atoms with E-state index < -0.39 is 58.0 Å². The monoisotopic (exact) mass is 674 g/mol. The smallest absolute Gasteiger partial charge is 0.325 e. The summed E-state index contributed by atoms with van der Waals surface area (Å²) in [7, 11) is 0. The van der Waals surface area contributed by atoms with Gasteiger partial charge in [-0.05, 0) is 54.1 Å². The molecule has 1 N–H and O–H groups in total. The summed E-state index contributed by atoms with van der Waals surface area (Å²) in [4.78, 5) is 59.0. The molecular formula is C28H18BrF3N4O4S2. The second-order valence-corrected chi connectivity index (χ2v) is 12.6. The SMILES string of the molecule is O=C(Cn1c2c(sc1=O)[C@@H](c1cccnc1)C1C(=O)N(c3ccc(Br)cc3)C(=O)C1S2)Nc1cccc(C(F)(F)F)c1. The van der Waals surface area contributed by atoms with Crippen LogP contribution in [-0.4, -0.2) is 32.5 Å². The summed E-state index contributed by atoms with van der Waals surface area (Å²) in [5, 5.41) is 1.89. The van der Waals surface area contributed by atoms with Crippen LogP contribution >= 0.6 is 39.0 Å². The molecule has 14 heteroatoms. The highest BCUT2D eigenvalue weighted by Gasteiger charge is 2.56. The molecule has 2 unspecified atom stereocenters. The zero-order valence-electron chi connectivity index (χ0n) is 21.2. The molecule has 2 aliphatic rings. The number of carbonyl (C=O) groups is 3. The Hall–Kier alpha value is -3.75. The molecule has 0 radical (unpaired) electrons. The van der Waals surface area contributed by atoms with Crippen LogP contribution in [0.3, 0.4) is 0 Å². The first-order valence-corrected chi connectivity index (χ1v) is 14.9. The molecule has 3 amide bonds. The summed E-state index contributed by atoms with van der Waals surface area (Å²) in [6.07, 6.45) is -1.44. The summed E-state index contributed by atoms with van der Waals surface area (Å²) in [6, 6.07) is 14.4. The molecule has 214 valence electrons.